The molecule has 2 atom stereocenters. The molecule has 1 heterocycles. The lowest BCUT2D eigenvalue weighted by atomic mass is 10.00. The highest BCUT2D eigenvalue weighted by molar-refractivity contribution is 7.89. The van der Waals surface area contributed by atoms with E-state index in [2.05, 4.69) is 5.43 Å². The molecule has 1 aliphatic rings. The van der Waals surface area contributed by atoms with Gasteiger partial charge in [-0.15, -0.1) is 4.41 Å². The van der Waals surface area contributed by atoms with Crippen LogP contribution in [0.5, 0.6) is 0 Å². The van der Waals surface area contributed by atoms with E-state index < -0.39 is 43.4 Å². The Balaban J connectivity index is 2.44. The summed E-state index contributed by atoms with van der Waals surface area (Å²) in [4.78, 5) is 21.5. The second-order valence-corrected chi connectivity index (χ2v) is 6.64. The number of benzene rings is 1. The van der Waals surface area contributed by atoms with Gasteiger partial charge in [0, 0.05) is 12.7 Å². The van der Waals surface area contributed by atoms with Crippen molar-refractivity contribution in [2.24, 2.45) is 5.92 Å². The second kappa shape index (κ2) is 5.99. The number of nitro benzene ring substituents is 1. The molecule has 2 N–H and O–H groups in total. The Morgan fingerprint density at radius 3 is 2.64 bits per heavy atom. The summed E-state index contributed by atoms with van der Waals surface area (Å²) in [7, 11) is -4.27. The molecule has 0 radical (unpaired) electrons. The Morgan fingerprint density at radius 1 is 1.41 bits per heavy atom. The lowest BCUT2D eigenvalue weighted by molar-refractivity contribution is -0.387. The lowest BCUT2D eigenvalue weighted by Crippen LogP contribution is -2.42. The molecule has 0 aliphatic carbocycles. The molecule has 120 valence electrons. The fourth-order valence-corrected chi connectivity index (χ4v) is 4.06. The van der Waals surface area contributed by atoms with Crippen LogP contribution in [0.3, 0.4) is 0 Å². The van der Waals surface area contributed by atoms with E-state index in [1.807, 2.05) is 0 Å². The molecule has 1 saturated heterocycles. The Labute approximate surface area is 126 Å². The number of nitrogens with one attached hydrogen (secondary N) is 1. The fourth-order valence-electron chi connectivity index (χ4n) is 2.40. The predicted octanol–water partition coefficient (Wildman–Crippen LogP) is 0.0174. The van der Waals surface area contributed by atoms with Crippen LogP contribution in [0.25, 0.3) is 0 Å². The number of hydrazine groups is 1. The van der Waals surface area contributed by atoms with E-state index in [4.69, 9.17) is 5.11 Å². The summed E-state index contributed by atoms with van der Waals surface area (Å²) in [5.74, 6) is -1.24. The Kier molecular flexibility index (Phi) is 4.44. The summed E-state index contributed by atoms with van der Waals surface area (Å²) in [6, 6.07) is 4.17. The minimum absolute atomic E-state index is 0.107. The molecule has 1 amide bonds. The number of aliphatic hydroxyl groups is 1. The highest BCUT2D eigenvalue weighted by Gasteiger charge is 2.45. The van der Waals surface area contributed by atoms with Gasteiger partial charge in [0.2, 0.25) is 5.91 Å². The van der Waals surface area contributed by atoms with Gasteiger partial charge in [0.05, 0.1) is 16.9 Å². The summed E-state index contributed by atoms with van der Waals surface area (Å²) in [5.41, 5.74) is 1.66. The molecule has 0 spiro atoms. The van der Waals surface area contributed by atoms with Crippen molar-refractivity contribution in [3.8, 4) is 0 Å². The number of hydrogen-bond acceptors (Lipinski definition) is 6. The highest BCUT2D eigenvalue weighted by Crippen LogP contribution is 2.31. The van der Waals surface area contributed by atoms with E-state index in [-0.39, 0.29) is 13.0 Å². The van der Waals surface area contributed by atoms with Crippen molar-refractivity contribution < 1.29 is 23.2 Å². The first-order valence-corrected chi connectivity index (χ1v) is 7.94. The zero-order chi connectivity index (χ0) is 16.5. The summed E-state index contributed by atoms with van der Waals surface area (Å²) in [6.45, 7) is 1.24. The molecule has 2 unspecified atom stereocenters. The minimum atomic E-state index is -4.27. The Bertz CT molecular complexity index is 705. The van der Waals surface area contributed by atoms with Crippen LogP contribution in [-0.4, -0.2) is 41.4 Å². The van der Waals surface area contributed by atoms with Crippen LogP contribution in [0.15, 0.2) is 29.2 Å². The normalized spacial score (nSPS) is 22.5. The Morgan fingerprint density at radius 2 is 2.05 bits per heavy atom. The number of rotatable bonds is 5. The number of amides is 1. The van der Waals surface area contributed by atoms with Crippen LogP contribution in [0, 0.1) is 16.0 Å². The van der Waals surface area contributed by atoms with Crippen molar-refractivity contribution in [1.29, 1.82) is 0 Å². The predicted molar refractivity (Wildman–Crippen MR) is 74.9 cm³/mol. The van der Waals surface area contributed by atoms with Crippen LogP contribution in [-0.2, 0) is 14.8 Å². The molecule has 10 heteroatoms. The van der Waals surface area contributed by atoms with Gasteiger partial charge in [0.15, 0.2) is 4.90 Å². The SMILES string of the molecule is CC1C(CCO)C(=O)NN1S(=O)(=O)c1ccccc1[N+](=O)[O-]. The fraction of sp³-hybridized carbons (Fsp3) is 0.417. The molecule has 0 saturated carbocycles. The quantitative estimate of drug-likeness (QED) is 0.578. The maximum absolute atomic E-state index is 12.6. The molecule has 1 aliphatic heterocycles. The number of sulfonamides is 1. The Hall–Kier alpha value is -2.04. The van der Waals surface area contributed by atoms with Gasteiger partial charge in [-0.05, 0) is 19.4 Å². The monoisotopic (exact) mass is 329 g/mol. The lowest BCUT2D eigenvalue weighted by Gasteiger charge is -2.21. The van der Waals surface area contributed by atoms with Crippen molar-refractivity contribution in [2.45, 2.75) is 24.3 Å². The van der Waals surface area contributed by atoms with Crippen molar-refractivity contribution in [2.75, 3.05) is 6.61 Å². The van der Waals surface area contributed by atoms with Crippen LogP contribution in [0.2, 0.25) is 0 Å². The number of aliphatic hydroxyl groups excluding tert-OH is 1. The van der Waals surface area contributed by atoms with E-state index in [1.165, 1.54) is 19.1 Å². The van der Waals surface area contributed by atoms with Crippen LogP contribution in [0.1, 0.15) is 13.3 Å². The minimum Gasteiger partial charge on any atom is -0.396 e. The van der Waals surface area contributed by atoms with Gasteiger partial charge in [-0.2, -0.15) is 0 Å². The summed E-state index contributed by atoms with van der Waals surface area (Å²) in [5, 5.41) is 19.9. The molecule has 22 heavy (non-hydrogen) atoms. The first kappa shape index (κ1) is 16.3. The second-order valence-electron chi connectivity index (χ2n) is 4.86. The average molecular weight is 329 g/mol. The van der Waals surface area contributed by atoms with Gasteiger partial charge in [-0.3, -0.25) is 20.3 Å². The van der Waals surface area contributed by atoms with Crippen LogP contribution < -0.4 is 5.43 Å². The molecule has 0 aromatic heterocycles. The molecule has 0 bridgehead atoms. The average Bonchev–Trinajstić information content (AvgIpc) is 2.76. The van der Waals surface area contributed by atoms with E-state index in [0.717, 1.165) is 16.5 Å². The van der Waals surface area contributed by atoms with Gasteiger partial charge in [0.1, 0.15) is 0 Å². The summed E-state index contributed by atoms with van der Waals surface area (Å²) >= 11 is 0. The maximum Gasteiger partial charge on any atom is 0.289 e. The third-order valence-corrected chi connectivity index (χ3v) is 5.39. The molecule has 2 rings (SSSR count). The first-order chi connectivity index (χ1) is 10.3. The van der Waals surface area contributed by atoms with Gasteiger partial charge in [-0.25, -0.2) is 8.42 Å². The molecule has 9 nitrogen and oxygen atoms in total. The molecule has 1 fully saturated rings. The maximum atomic E-state index is 12.6. The molecule has 1 aromatic carbocycles. The summed E-state index contributed by atoms with van der Waals surface area (Å²) in [6.07, 6.45) is 0.107. The number of carbonyl (C=O) groups is 1. The van der Waals surface area contributed by atoms with Gasteiger partial charge >= 0.3 is 0 Å². The third-order valence-electron chi connectivity index (χ3n) is 3.55. The molecular formula is C12H15N3O6S. The van der Waals surface area contributed by atoms with Crippen molar-refractivity contribution in [1.82, 2.24) is 9.84 Å². The zero-order valence-corrected chi connectivity index (χ0v) is 12.5. The van der Waals surface area contributed by atoms with E-state index in [0.29, 0.717) is 0 Å². The largest absolute Gasteiger partial charge is 0.396 e. The third kappa shape index (κ3) is 2.67. The van der Waals surface area contributed by atoms with E-state index in [1.54, 1.807) is 0 Å². The number of para-hydroxylation sites is 1. The van der Waals surface area contributed by atoms with Crippen molar-refractivity contribution >= 4 is 21.6 Å². The molecule has 1 aromatic rings. The number of hydrogen-bond donors (Lipinski definition) is 2. The number of nitro groups is 1. The summed E-state index contributed by atoms with van der Waals surface area (Å²) < 4.78 is 25.9. The van der Waals surface area contributed by atoms with Crippen LogP contribution in [0.4, 0.5) is 5.69 Å². The van der Waals surface area contributed by atoms with E-state index in [9.17, 15) is 23.3 Å². The molecular weight excluding hydrogens is 314 g/mol. The van der Waals surface area contributed by atoms with E-state index >= 15 is 0 Å². The van der Waals surface area contributed by atoms with Crippen molar-refractivity contribution in [3.05, 3.63) is 34.4 Å². The van der Waals surface area contributed by atoms with Gasteiger partial charge < -0.3 is 5.11 Å². The zero-order valence-electron chi connectivity index (χ0n) is 11.7. The smallest absolute Gasteiger partial charge is 0.289 e. The van der Waals surface area contributed by atoms with Gasteiger partial charge in [-0.1, -0.05) is 12.1 Å². The van der Waals surface area contributed by atoms with Crippen molar-refractivity contribution in [3.63, 3.8) is 0 Å². The van der Waals surface area contributed by atoms with Crippen LogP contribution >= 0.6 is 0 Å². The van der Waals surface area contributed by atoms with Gasteiger partial charge in [0.25, 0.3) is 15.7 Å². The number of nitrogens with zero attached hydrogens (tertiary/aromatic N) is 2. The standard InChI is InChI=1S/C12H15N3O6S/c1-8-9(6-7-16)12(17)13-14(8)22(20,21)11-5-3-2-4-10(11)15(18)19/h2-5,8-9,16H,6-7H2,1H3,(H,13,17). The number of carbonyl (C=O) groups excluding carboxylic acids is 1. The first-order valence-electron chi connectivity index (χ1n) is 6.50. The topological polar surface area (TPSA) is 130 Å². The highest BCUT2D eigenvalue weighted by atomic mass is 32.2.